The first-order valence-corrected chi connectivity index (χ1v) is 8.98. The van der Waals surface area contributed by atoms with Crippen LogP contribution in [0.2, 0.25) is 0 Å². The van der Waals surface area contributed by atoms with Crippen LogP contribution in [0, 0.1) is 5.92 Å². The van der Waals surface area contributed by atoms with Crippen LogP contribution in [0.5, 0.6) is 5.75 Å². The fourth-order valence-corrected chi connectivity index (χ4v) is 4.46. The van der Waals surface area contributed by atoms with E-state index in [0.717, 1.165) is 0 Å². The first-order chi connectivity index (χ1) is 12.0. The van der Waals surface area contributed by atoms with Crippen LogP contribution in [0.4, 0.5) is 0 Å². The topological polar surface area (TPSA) is 104 Å². The molecule has 2 heterocycles. The molecule has 0 aliphatic carbocycles. The first kappa shape index (κ1) is 17.4. The van der Waals surface area contributed by atoms with Crippen molar-refractivity contribution < 1.29 is 22.7 Å². The van der Waals surface area contributed by atoms with Gasteiger partial charge in [0.15, 0.2) is 0 Å². The van der Waals surface area contributed by atoms with Gasteiger partial charge in [-0.05, 0) is 18.2 Å². The summed E-state index contributed by atoms with van der Waals surface area (Å²) in [5.74, 6) is -0.259. The third-order valence-corrected chi connectivity index (χ3v) is 5.89. The third kappa shape index (κ3) is 3.35. The van der Waals surface area contributed by atoms with E-state index in [1.54, 1.807) is 11.0 Å². The SMILES string of the molecule is COC(=O)c1ccc(OC)c(S(=O)(=O)N2CC(Cn3cncn3)C2)c1. The molecular formula is C15H18N4O5S. The molecule has 134 valence electrons. The molecule has 0 radical (unpaired) electrons. The molecule has 9 nitrogen and oxygen atoms in total. The van der Waals surface area contributed by atoms with Crippen molar-refractivity contribution in [3.8, 4) is 5.75 Å². The van der Waals surface area contributed by atoms with Crippen molar-refractivity contribution >= 4 is 16.0 Å². The summed E-state index contributed by atoms with van der Waals surface area (Å²) in [4.78, 5) is 15.5. The van der Waals surface area contributed by atoms with E-state index in [1.807, 2.05) is 0 Å². The second kappa shape index (κ2) is 6.81. The second-order valence-electron chi connectivity index (χ2n) is 5.66. The Balaban J connectivity index is 1.79. The van der Waals surface area contributed by atoms with Gasteiger partial charge in [0.05, 0.1) is 19.8 Å². The van der Waals surface area contributed by atoms with E-state index < -0.39 is 16.0 Å². The van der Waals surface area contributed by atoms with Gasteiger partial charge in [0.1, 0.15) is 23.3 Å². The maximum Gasteiger partial charge on any atom is 0.337 e. The smallest absolute Gasteiger partial charge is 0.337 e. The molecule has 0 atom stereocenters. The fourth-order valence-electron chi connectivity index (χ4n) is 2.69. The standard InChI is InChI=1S/C15H18N4O5S/c1-23-13-4-3-12(15(20)24-2)5-14(13)25(21,22)19-7-11(8-19)6-18-10-16-9-17-18/h3-5,9-11H,6-8H2,1-2H3. The molecule has 0 bridgehead atoms. The van der Waals surface area contributed by atoms with Crippen molar-refractivity contribution in [2.24, 2.45) is 5.92 Å². The summed E-state index contributed by atoms with van der Waals surface area (Å²) in [6, 6.07) is 4.20. The molecule has 0 saturated carbocycles. The van der Waals surface area contributed by atoms with E-state index in [-0.39, 0.29) is 22.1 Å². The van der Waals surface area contributed by atoms with Crippen molar-refractivity contribution in [1.82, 2.24) is 19.1 Å². The van der Waals surface area contributed by atoms with Gasteiger partial charge in [-0.2, -0.15) is 9.40 Å². The molecule has 0 spiro atoms. The molecule has 0 unspecified atom stereocenters. The molecule has 0 amide bonds. The van der Waals surface area contributed by atoms with Crippen LogP contribution in [-0.2, 0) is 21.3 Å². The van der Waals surface area contributed by atoms with Crippen LogP contribution < -0.4 is 4.74 Å². The second-order valence-corrected chi connectivity index (χ2v) is 7.57. The molecule has 1 saturated heterocycles. The number of sulfonamides is 1. The molecule has 1 fully saturated rings. The molecule has 2 aromatic rings. The van der Waals surface area contributed by atoms with Gasteiger partial charge in [0.25, 0.3) is 0 Å². The van der Waals surface area contributed by atoms with Gasteiger partial charge in [0.2, 0.25) is 10.0 Å². The number of hydrogen-bond acceptors (Lipinski definition) is 7. The summed E-state index contributed by atoms with van der Waals surface area (Å²) in [7, 11) is -1.14. The van der Waals surface area contributed by atoms with Gasteiger partial charge in [-0.1, -0.05) is 0 Å². The molecule has 10 heteroatoms. The van der Waals surface area contributed by atoms with E-state index in [1.165, 1.54) is 43.1 Å². The number of nitrogens with zero attached hydrogens (tertiary/aromatic N) is 4. The number of carbonyl (C=O) groups excluding carboxylic acids is 1. The molecule has 3 rings (SSSR count). The highest BCUT2D eigenvalue weighted by Crippen LogP contribution is 2.32. The third-order valence-electron chi connectivity index (χ3n) is 4.04. The number of esters is 1. The molecule has 1 aromatic carbocycles. The maximum atomic E-state index is 12.9. The summed E-state index contributed by atoms with van der Waals surface area (Å²) in [6.07, 6.45) is 3.04. The summed E-state index contributed by atoms with van der Waals surface area (Å²) >= 11 is 0. The largest absolute Gasteiger partial charge is 0.495 e. The van der Waals surface area contributed by atoms with Crippen molar-refractivity contribution in [2.45, 2.75) is 11.4 Å². The van der Waals surface area contributed by atoms with E-state index in [2.05, 4.69) is 14.8 Å². The molecular weight excluding hydrogens is 348 g/mol. The van der Waals surface area contributed by atoms with Crippen LogP contribution in [0.3, 0.4) is 0 Å². The average Bonchev–Trinajstić information content (AvgIpc) is 3.09. The fraction of sp³-hybridized carbons (Fsp3) is 0.400. The number of aromatic nitrogens is 3. The lowest BCUT2D eigenvalue weighted by molar-refractivity contribution is 0.0600. The van der Waals surface area contributed by atoms with Crippen LogP contribution in [0.25, 0.3) is 0 Å². The first-order valence-electron chi connectivity index (χ1n) is 7.54. The number of ether oxygens (including phenoxy) is 2. The Morgan fingerprint density at radius 3 is 2.68 bits per heavy atom. The highest BCUT2D eigenvalue weighted by Gasteiger charge is 2.38. The van der Waals surface area contributed by atoms with Crippen molar-refractivity contribution in [3.05, 3.63) is 36.4 Å². The molecule has 0 N–H and O–H groups in total. The minimum absolute atomic E-state index is 0.0443. The van der Waals surface area contributed by atoms with Gasteiger partial charge in [-0.15, -0.1) is 0 Å². The number of carbonyl (C=O) groups is 1. The number of methoxy groups -OCH3 is 2. The summed E-state index contributed by atoms with van der Waals surface area (Å²) in [6.45, 7) is 1.34. The van der Waals surface area contributed by atoms with Crippen LogP contribution in [0.15, 0.2) is 35.7 Å². The van der Waals surface area contributed by atoms with Gasteiger partial charge in [0, 0.05) is 25.6 Å². The van der Waals surface area contributed by atoms with Gasteiger partial charge >= 0.3 is 5.97 Å². The highest BCUT2D eigenvalue weighted by molar-refractivity contribution is 7.89. The number of rotatable bonds is 6. The molecule has 25 heavy (non-hydrogen) atoms. The van der Waals surface area contributed by atoms with E-state index in [0.29, 0.717) is 19.6 Å². The quantitative estimate of drug-likeness (QED) is 0.681. The van der Waals surface area contributed by atoms with Gasteiger partial charge in [-0.25, -0.2) is 18.2 Å². The maximum absolute atomic E-state index is 12.9. The van der Waals surface area contributed by atoms with E-state index in [9.17, 15) is 13.2 Å². The molecule has 1 aliphatic heterocycles. The number of hydrogen-bond donors (Lipinski definition) is 0. The lowest BCUT2D eigenvalue weighted by atomic mass is 10.0. The highest BCUT2D eigenvalue weighted by atomic mass is 32.2. The zero-order valence-corrected chi connectivity index (χ0v) is 14.6. The van der Waals surface area contributed by atoms with Crippen molar-refractivity contribution in [1.29, 1.82) is 0 Å². The Morgan fingerprint density at radius 1 is 1.32 bits per heavy atom. The minimum atomic E-state index is -3.77. The zero-order chi connectivity index (χ0) is 18.0. The zero-order valence-electron chi connectivity index (χ0n) is 13.8. The minimum Gasteiger partial charge on any atom is -0.495 e. The Bertz CT molecular complexity index is 860. The van der Waals surface area contributed by atoms with Crippen LogP contribution in [-0.4, -0.2) is 60.8 Å². The van der Waals surface area contributed by atoms with Crippen molar-refractivity contribution in [3.63, 3.8) is 0 Å². The average molecular weight is 366 g/mol. The predicted octanol–water partition coefficient (Wildman–Crippen LogP) is 0.394. The Morgan fingerprint density at radius 2 is 2.08 bits per heavy atom. The van der Waals surface area contributed by atoms with Crippen LogP contribution >= 0.6 is 0 Å². The van der Waals surface area contributed by atoms with E-state index in [4.69, 9.17) is 4.74 Å². The summed E-state index contributed by atoms with van der Waals surface area (Å²) in [5.41, 5.74) is 0.154. The normalized spacial score (nSPS) is 15.6. The molecule has 1 aliphatic rings. The summed E-state index contributed by atoms with van der Waals surface area (Å²) in [5, 5.41) is 4.02. The summed E-state index contributed by atoms with van der Waals surface area (Å²) < 4.78 is 38.6. The number of benzene rings is 1. The predicted molar refractivity (Wildman–Crippen MR) is 86.6 cm³/mol. The van der Waals surface area contributed by atoms with Crippen molar-refractivity contribution in [2.75, 3.05) is 27.3 Å². The Labute approximate surface area is 145 Å². The lowest BCUT2D eigenvalue weighted by Crippen LogP contribution is -2.51. The van der Waals surface area contributed by atoms with E-state index >= 15 is 0 Å². The molecule has 1 aromatic heterocycles. The lowest BCUT2D eigenvalue weighted by Gasteiger charge is -2.38. The van der Waals surface area contributed by atoms with Gasteiger partial charge in [-0.3, -0.25) is 4.68 Å². The Hall–Kier alpha value is -2.46. The monoisotopic (exact) mass is 366 g/mol. The Kier molecular flexibility index (Phi) is 4.73. The van der Waals surface area contributed by atoms with Crippen LogP contribution in [0.1, 0.15) is 10.4 Å². The van der Waals surface area contributed by atoms with Gasteiger partial charge < -0.3 is 9.47 Å².